The molecule has 0 fully saturated rings. The molecule has 55 heavy (non-hydrogen) atoms. The molecule has 0 radical (unpaired) electrons. The highest BCUT2D eigenvalue weighted by atomic mass is 15.1. The molecule has 1 nitrogen and oxygen atoms in total. The van der Waals surface area contributed by atoms with Gasteiger partial charge >= 0.3 is 0 Å². The first-order valence-electron chi connectivity index (χ1n) is 18.9. The zero-order valence-electron chi connectivity index (χ0n) is 30.3. The van der Waals surface area contributed by atoms with Crippen LogP contribution in [0.1, 0.15) is 0 Å². The Morgan fingerprint density at radius 3 is 1.22 bits per heavy atom. The van der Waals surface area contributed by atoms with E-state index in [1.54, 1.807) is 0 Å². The standard InChI is InChI=1S/C54H37N/c1-3-13-38(14-4-1)40-23-30-45(31-24-40)55(46-32-25-41(26-33-46)39-15-5-2-6-16-39)47-34-27-43(28-35-47)54-49-20-10-7-17-42(49)29-36-52(54)53-37-44-18-8-9-19-48(44)50-21-11-12-22-51(50)53/h1-37H. The van der Waals surface area contributed by atoms with Gasteiger partial charge in [-0.1, -0.05) is 182 Å². The minimum atomic E-state index is 1.10. The van der Waals surface area contributed by atoms with Gasteiger partial charge < -0.3 is 4.90 Å². The lowest BCUT2D eigenvalue weighted by atomic mass is 9.86. The molecule has 0 bridgehead atoms. The molecule has 10 aromatic rings. The maximum absolute atomic E-state index is 2.37. The molecule has 0 N–H and O–H groups in total. The van der Waals surface area contributed by atoms with E-state index in [9.17, 15) is 0 Å². The Labute approximate surface area is 322 Å². The minimum absolute atomic E-state index is 1.10. The Morgan fingerprint density at radius 1 is 0.236 bits per heavy atom. The van der Waals surface area contributed by atoms with Gasteiger partial charge in [-0.15, -0.1) is 0 Å². The number of anilines is 3. The smallest absolute Gasteiger partial charge is 0.0462 e. The molecular weight excluding hydrogens is 663 g/mol. The van der Waals surface area contributed by atoms with E-state index in [1.165, 1.54) is 76.8 Å². The zero-order chi connectivity index (χ0) is 36.6. The van der Waals surface area contributed by atoms with Crippen LogP contribution in [0.25, 0.3) is 76.8 Å². The lowest BCUT2D eigenvalue weighted by Crippen LogP contribution is -2.09. The Hall–Kier alpha value is -7.22. The van der Waals surface area contributed by atoms with E-state index in [0.717, 1.165) is 17.1 Å². The van der Waals surface area contributed by atoms with Crippen LogP contribution >= 0.6 is 0 Å². The third kappa shape index (κ3) is 6.02. The summed E-state index contributed by atoms with van der Waals surface area (Å²) in [5.41, 5.74) is 13.0. The first kappa shape index (κ1) is 32.4. The number of hydrogen-bond donors (Lipinski definition) is 0. The molecule has 258 valence electrons. The van der Waals surface area contributed by atoms with Crippen LogP contribution in [0, 0.1) is 0 Å². The van der Waals surface area contributed by atoms with Crippen molar-refractivity contribution in [3.05, 3.63) is 224 Å². The van der Waals surface area contributed by atoms with E-state index >= 15 is 0 Å². The van der Waals surface area contributed by atoms with Gasteiger partial charge in [-0.25, -0.2) is 0 Å². The van der Waals surface area contributed by atoms with Crippen molar-refractivity contribution in [1.82, 2.24) is 0 Å². The molecule has 10 rings (SSSR count). The average Bonchev–Trinajstić information content (AvgIpc) is 3.27. The molecule has 0 aliphatic rings. The highest BCUT2D eigenvalue weighted by Gasteiger charge is 2.18. The van der Waals surface area contributed by atoms with Crippen LogP contribution in [0.2, 0.25) is 0 Å². The van der Waals surface area contributed by atoms with Crippen molar-refractivity contribution < 1.29 is 0 Å². The van der Waals surface area contributed by atoms with Crippen LogP contribution in [0.4, 0.5) is 17.1 Å². The van der Waals surface area contributed by atoms with E-state index < -0.39 is 0 Å². The van der Waals surface area contributed by atoms with E-state index in [0.29, 0.717) is 0 Å². The predicted molar refractivity (Wildman–Crippen MR) is 235 cm³/mol. The maximum atomic E-state index is 2.37. The first-order valence-corrected chi connectivity index (χ1v) is 18.9. The van der Waals surface area contributed by atoms with Crippen molar-refractivity contribution in [2.75, 3.05) is 4.90 Å². The average molecular weight is 700 g/mol. The quantitative estimate of drug-likeness (QED) is 0.150. The molecular formula is C54H37N. The third-order valence-corrected chi connectivity index (χ3v) is 10.9. The Bertz CT molecular complexity index is 2850. The molecule has 0 heterocycles. The maximum Gasteiger partial charge on any atom is 0.0462 e. The van der Waals surface area contributed by atoms with Gasteiger partial charge in [-0.2, -0.15) is 0 Å². The number of nitrogens with zero attached hydrogens (tertiary/aromatic N) is 1. The molecule has 0 atom stereocenters. The molecule has 10 aromatic carbocycles. The van der Waals surface area contributed by atoms with Crippen molar-refractivity contribution >= 4 is 49.4 Å². The molecule has 0 saturated heterocycles. The number of fused-ring (bicyclic) bond motifs is 4. The Balaban J connectivity index is 1.11. The summed E-state index contributed by atoms with van der Waals surface area (Å²) in [6.07, 6.45) is 0. The fourth-order valence-electron chi connectivity index (χ4n) is 8.18. The van der Waals surface area contributed by atoms with Gasteiger partial charge in [0.25, 0.3) is 0 Å². The van der Waals surface area contributed by atoms with Crippen LogP contribution in [0.5, 0.6) is 0 Å². The highest BCUT2D eigenvalue weighted by Crippen LogP contribution is 2.44. The molecule has 0 aliphatic heterocycles. The lowest BCUT2D eigenvalue weighted by Gasteiger charge is -2.26. The zero-order valence-corrected chi connectivity index (χ0v) is 30.3. The van der Waals surface area contributed by atoms with Crippen LogP contribution < -0.4 is 4.90 Å². The molecule has 0 aromatic heterocycles. The summed E-state index contributed by atoms with van der Waals surface area (Å²) in [5, 5.41) is 7.54. The van der Waals surface area contributed by atoms with Crippen LogP contribution in [0.3, 0.4) is 0 Å². The largest absolute Gasteiger partial charge is 0.311 e. The van der Waals surface area contributed by atoms with Gasteiger partial charge in [-0.05, 0) is 119 Å². The second-order valence-electron chi connectivity index (χ2n) is 14.1. The summed E-state index contributed by atoms with van der Waals surface area (Å²) in [5.74, 6) is 0. The fourth-order valence-corrected chi connectivity index (χ4v) is 8.18. The Kier molecular flexibility index (Phi) is 8.24. The van der Waals surface area contributed by atoms with Crippen molar-refractivity contribution in [2.24, 2.45) is 0 Å². The normalized spacial score (nSPS) is 11.3. The van der Waals surface area contributed by atoms with E-state index in [1.807, 2.05) is 0 Å². The van der Waals surface area contributed by atoms with E-state index in [2.05, 4.69) is 229 Å². The summed E-state index contributed by atoms with van der Waals surface area (Å²) in [7, 11) is 0. The minimum Gasteiger partial charge on any atom is -0.311 e. The second-order valence-corrected chi connectivity index (χ2v) is 14.1. The summed E-state index contributed by atoms with van der Waals surface area (Å²) in [4.78, 5) is 2.36. The molecule has 0 amide bonds. The fraction of sp³-hybridized carbons (Fsp3) is 0. The van der Waals surface area contributed by atoms with Gasteiger partial charge in [0.2, 0.25) is 0 Å². The topological polar surface area (TPSA) is 3.24 Å². The monoisotopic (exact) mass is 699 g/mol. The summed E-state index contributed by atoms with van der Waals surface area (Å²) in [6.45, 7) is 0. The van der Waals surface area contributed by atoms with Gasteiger partial charge in [0, 0.05) is 17.1 Å². The molecule has 1 heteroatoms. The number of hydrogen-bond acceptors (Lipinski definition) is 1. The third-order valence-electron chi connectivity index (χ3n) is 10.9. The lowest BCUT2D eigenvalue weighted by molar-refractivity contribution is 1.28. The van der Waals surface area contributed by atoms with Crippen molar-refractivity contribution in [1.29, 1.82) is 0 Å². The molecule has 0 aliphatic carbocycles. The van der Waals surface area contributed by atoms with Gasteiger partial charge in [-0.3, -0.25) is 0 Å². The van der Waals surface area contributed by atoms with Gasteiger partial charge in [0.15, 0.2) is 0 Å². The number of rotatable bonds is 7. The molecule has 0 unspecified atom stereocenters. The second kappa shape index (κ2) is 14.0. The van der Waals surface area contributed by atoms with Gasteiger partial charge in [0.05, 0.1) is 0 Å². The highest BCUT2D eigenvalue weighted by molar-refractivity contribution is 6.16. The van der Waals surface area contributed by atoms with E-state index in [-0.39, 0.29) is 0 Å². The number of benzene rings is 10. The first-order chi connectivity index (χ1) is 27.3. The van der Waals surface area contributed by atoms with Crippen molar-refractivity contribution in [3.63, 3.8) is 0 Å². The van der Waals surface area contributed by atoms with Crippen molar-refractivity contribution in [3.8, 4) is 44.5 Å². The SMILES string of the molecule is c1ccc(-c2ccc(N(c3ccc(-c4ccccc4)cc3)c3ccc(-c4c(-c5cc6ccccc6c6ccccc56)ccc5ccccc45)cc3)cc2)cc1. The van der Waals surface area contributed by atoms with Crippen LogP contribution in [-0.2, 0) is 0 Å². The molecule has 0 spiro atoms. The summed E-state index contributed by atoms with van der Waals surface area (Å²) in [6, 6.07) is 81.4. The van der Waals surface area contributed by atoms with Gasteiger partial charge in [0.1, 0.15) is 0 Å². The summed E-state index contributed by atoms with van der Waals surface area (Å²) < 4.78 is 0. The summed E-state index contributed by atoms with van der Waals surface area (Å²) >= 11 is 0. The van der Waals surface area contributed by atoms with Crippen LogP contribution in [-0.4, -0.2) is 0 Å². The van der Waals surface area contributed by atoms with Crippen LogP contribution in [0.15, 0.2) is 224 Å². The predicted octanol–water partition coefficient (Wildman–Crippen LogP) is 15.3. The Morgan fingerprint density at radius 2 is 0.655 bits per heavy atom. The molecule has 0 saturated carbocycles. The van der Waals surface area contributed by atoms with E-state index in [4.69, 9.17) is 0 Å². The van der Waals surface area contributed by atoms with Crippen molar-refractivity contribution in [2.45, 2.75) is 0 Å².